The van der Waals surface area contributed by atoms with Gasteiger partial charge in [-0.1, -0.05) is 0 Å². The molecule has 14 heteroatoms. The third kappa shape index (κ3) is 34.7. The Labute approximate surface area is 179 Å². The summed E-state index contributed by atoms with van der Waals surface area (Å²) in [6.45, 7) is 0.845. The molecule has 0 radical (unpaired) electrons. The zero-order valence-corrected chi connectivity index (χ0v) is 17.8. The molecule has 0 saturated carbocycles. The minimum atomic E-state index is -1.26. The molecule has 0 aromatic rings. The molecule has 10 N–H and O–H groups in total. The molecule has 0 aromatic heterocycles. The van der Waals surface area contributed by atoms with Crippen LogP contribution in [0, 0.1) is 0 Å². The van der Waals surface area contributed by atoms with Crippen LogP contribution in [-0.2, 0) is 19.2 Å². The average Bonchev–Trinajstić information content (AvgIpc) is 2.55. The summed E-state index contributed by atoms with van der Waals surface area (Å²) in [5.74, 6) is -4.70. The molecule has 0 spiro atoms. The maximum absolute atomic E-state index is 10.2. The Hall–Kier alpha value is -3.23. The molecule has 0 aliphatic carbocycles. The van der Waals surface area contributed by atoms with Crippen LogP contribution in [0.2, 0.25) is 0 Å². The van der Waals surface area contributed by atoms with E-state index in [4.69, 9.17) is 37.6 Å². The fourth-order valence-corrected chi connectivity index (χ4v) is 1.67. The SMILES string of the molecule is C[N+](C)(C)C[C@H](O)CC(=O)[O-].NC(N)=NCCC[C@H](N)C(=O)O.O=C(O)/C=C/C(=O)O. The predicted molar refractivity (Wildman–Crippen MR) is 108 cm³/mol. The van der Waals surface area contributed by atoms with Gasteiger partial charge in [-0.05, 0) is 12.8 Å². The summed E-state index contributed by atoms with van der Waals surface area (Å²) in [6.07, 6.45) is 0.984. The van der Waals surface area contributed by atoms with Crippen molar-refractivity contribution in [2.24, 2.45) is 22.2 Å². The second kappa shape index (κ2) is 17.6. The van der Waals surface area contributed by atoms with Gasteiger partial charge < -0.3 is 52.0 Å². The zero-order valence-electron chi connectivity index (χ0n) is 17.8. The number of carbonyl (C=O) groups excluding carboxylic acids is 1. The molecule has 0 aliphatic rings. The van der Waals surface area contributed by atoms with E-state index in [0.717, 1.165) is 0 Å². The van der Waals surface area contributed by atoms with Crippen LogP contribution in [0.15, 0.2) is 17.1 Å². The van der Waals surface area contributed by atoms with Gasteiger partial charge in [-0.25, -0.2) is 9.59 Å². The Kier molecular flexibility index (Phi) is 18.4. The minimum Gasteiger partial charge on any atom is -0.550 e. The molecule has 0 rings (SSSR count). The van der Waals surface area contributed by atoms with Crippen molar-refractivity contribution in [1.82, 2.24) is 0 Å². The lowest BCUT2D eigenvalue weighted by Crippen LogP contribution is -2.43. The van der Waals surface area contributed by atoms with E-state index in [-0.39, 0.29) is 12.4 Å². The zero-order chi connectivity index (χ0) is 25.2. The third-order valence-corrected chi connectivity index (χ3v) is 2.81. The van der Waals surface area contributed by atoms with Gasteiger partial charge in [0, 0.05) is 31.1 Å². The van der Waals surface area contributed by atoms with Crippen molar-refractivity contribution in [2.75, 3.05) is 34.2 Å². The van der Waals surface area contributed by atoms with Crippen molar-refractivity contribution in [3.05, 3.63) is 12.2 Å². The summed E-state index contributed by atoms with van der Waals surface area (Å²) < 4.78 is 0.550. The van der Waals surface area contributed by atoms with E-state index >= 15 is 0 Å². The number of carbonyl (C=O) groups is 4. The lowest BCUT2D eigenvalue weighted by atomic mass is 10.2. The number of nitrogens with two attached hydrogens (primary N) is 3. The number of carboxylic acids is 4. The quantitative estimate of drug-likeness (QED) is 0.0527. The lowest BCUT2D eigenvalue weighted by Gasteiger charge is -2.26. The number of likely N-dealkylation sites (N-methyl/N-ethyl adjacent to an activating group) is 1. The number of hydrogen-bond donors (Lipinski definition) is 7. The highest BCUT2D eigenvalue weighted by atomic mass is 16.4. The predicted octanol–water partition coefficient (Wildman–Crippen LogP) is -3.64. The highest BCUT2D eigenvalue weighted by Gasteiger charge is 2.14. The molecule has 0 unspecified atom stereocenters. The van der Waals surface area contributed by atoms with E-state index < -0.39 is 36.0 Å². The van der Waals surface area contributed by atoms with Crippen LogP contribution in [0.3, 0.4) is 0 Å². The monoisotopic (exact) mass is 451 g/mol. The van der Waals surface area contributed by atoms with Gasteiger partial charge in [-0.2, -0.15) is 0 Å². The molecule has 2 atom stereocenters. The van der Waals surface area contributed by atoms with Crippen molar-refractivity contribution < 1.29 is 49.2 Å². The molecule has 0 heterocycles. The maximum Gasteiger partial charge on any atom is 0.328 e. The van der Waals surface area contributed by atoms with E-state index in [1.54, 1.807) is 0 Å². The first-order valence-corrected chi connectivity index (χ1v) is 8.84. The first kappa shape index (κ1) is 32.4. The summed E-state index contributed by atoms with van der Waals surface area (Å²) >= 11 is 0. The Morgan fingerprint density at radius 2 is 1.48 bits per heavy atom. The normalized spacial score (nSPS) is 12.3. The number of carboxylic acid groups (broad SMARTS) is 4. The van der Waals surface area contributed by atoms with Crippen LogP contribution >= 0.6 is 0 Å². The highest BCUT2D eigenvalue weighted by Crippen LogP contribution is 1.97. The first-order chi connectivity index (χ1) is 14.0. The van der Waals surface area contributed by atoms with Crippen molar-refractivity contribution in [3.8, 4) is 0 Å². The number of rotatable bonds is 11. The van der Waals surface area contributed by atoms with Crippen LogP contribution in [0.4, 0.5) is 0 Å². The number of hydrogen-bond acceptors (Lipinski definition) is 8. The number of quaternary nitrogens is 1. The summed E-state index contributed by atoms with van der Waals surface area (Å²) in [7, 11) is 5.66. The molecule has 31 heavy (non-hydrogen) atoms. The van der Waals surface area contributed by atoms with Gasteiger partial charge in [0.15, 0.2) is 5.96 Å². The summed E-state index contributed by atoms with van der Waals surface area (Å²) in [4.78, 5) is 43.0. The van der Waals surface area contributed by atoms with E-state index in [9.17, 15) is 24.3 Å². The Morgan fingerprint density at radius 1 is 1.03 bits per heavy atom. The fourth-order valence-electron chi connectivity index (χ4n) is 1.67. The Morgan fingerprint density at radius 3 is 1.77 bits per heavy atom. The third-order valence-electron chi connectivity index (χ3n) is 2.81. The molecule has 0 aliphatic heterocycles. The van der Waals surface area contributed by atoms with Crippen LogP contribution in [0.5, 0.6) is 0 Å². The van der Waals surface area contributed by atoms with Gasteiger partial charge in [0.1, 0.15) is 18.7 Å². The first-order valence-electron chi connectivity index (χ1n) is 8.84. The average molecular weight is 451 g/mol. The molecular weight excluding hydrogens is 418 g/mol. The Bertz CT molecular complexity index is 610. The fraction of sp³-hybridized carbons (Fsp3) is 0.588. The van der Waals surface area contributed by atoms with E-state index in [1.807, 2.05) is 21.1 Å². The van der Waals surface area contributed by atoms with E-state index in [0.29, 0.717) is 42.6 Å². The second-order valence-corrected chi connectivity index (χ2v) is 7.11. The van der Waals surface area contributed by atoms with Gasteiger partial charge in [-0.3, -0.25) is 9.79 Å². The molecule has 0 amide bonds. The molecular formula is C17H33N5O9. The molecule has 0 bridgehead atoms. The number of aliphatic carboxylic acids is 4. The van der Waals surface area contributed by atoms with Crippen molar-refractivity contribution >= 4 is 29.8 Å². The molecule has 180 valence electrons. The van der Waals surface area contributed by atoms with E-state index in [1.165, 1.54) is 0 Å². The largest absolute Gasteiger partial charge is 0.550 e. The standard InChI is InChI=1S/C7H15NO3.C6H14N4O2.C4H4O4/c1-8(2,3)5-6(9)4-7(10)11;7-4(5(11)12)2-1-3-10-6(8)9;5-3(6)1-2-4(7)8/h6,9H,4-5H2,1-3H3;4H,1-3,7H2,(H,11,12)(H4,8,9,10);1-2H,(H,5,6)(H,7,8)/b;;2-1+/t6-;4-;/m10./s1. The van der Waals surface area contributed by atoms with Gasteiger partial charge >= 0.3 is 17.9 Å². The molecule has 0 aromatic carbocycles. The molecule has 0 saturated heterocycles. The van der Waals surface area contributed by atoms with Gasteiger partial charge in [0.05, 0.1) is 21.1 Å². The van der Waals surface area contributed by atoms with Crippen LogP contribution < -0.4 is 22.3 Å². The topological polar surface area (TPSA) is 263 Å². The lowest BCUT2D eigenvalue weighted by molar-refractivity contribution is -0.873. The second-order valence-electron chi connectivity index (χ2n) is 7.11. The smallest absolute Gasteiger partial charge is 0.328 e. The van der Waals surface area contributed by atoms with Gasteiger partial charge in [-0.15, -0.1) is 0 Å². The number of aliphatic imine (C=N–C) groups is 1. The Balaban J connectivity index is -0.000000387. The summed E-state index contributed by atoms with van der Waals surface area (Å²) in [5.41, 5.74) is 15.3. The van der Waals surface area contributed by atoms with Gasteiger partial charge in [0.2, 0.25) is 0 Å². The van der Waals surface area contributed by atoms with Crippen LogP contribution in [0.1, 0.15) is 19.3 Å². The molecule has 0 fully saturated rings. The van der Waals surface area contributed by atoms with Gasteiger partial charge in [0.25, 0.3) is 0 Å². The molecule has 14 nitrogen and oxygen atoms in total. The van der Waals surface area contributed by atoms with Crippen LogP contribution in [-0.4, -0.2) is 101 Å². The highest BCUT2D eigenvalue weighted by molar-refractivity contribution is 5.89. The number of aliphatic hydroxyl groups excluding tert-OH is 1. The van der Waals surface area contributed by atoms with Crippen molar-refractivity contribution in [1.29, 1.82) is 0 Å². The number of aliphatic hydroxyl groups is 1. The number of guanidine groups is 1. The summed E-state index contributed by atoms with van der Waals surface area (Å²) in [6, 6.07) is -0.820. The van der Waals surface area contributed by atoms with Crippen LogP contribution in [0.25, 0.3) is 0 Å². The minimum absolute atomic E-state index is 0.0129. The number of nitrogens with zero attached hydrogens (tertiary/aromatic N) is 2. The maximum atomic E-state index is 10.2. The summed E-state index contributed by atoms with van der Waals surface area (Å²) in [5, 5.41) is 43.1. The van der Waals surface area contributed by atoms with E-state index in [2.05, 4.69) is 4.99 Å². The van der Waals surface area contributed by atoms with Crippen molar-refractivity contribution in [3.63, 3.8) is 0 Å². The van der Waals surface area contributed by atoms with Crippen molar-refractivity contribution in [2.45, 2.75) is 31.4 Å².